The molecule has 1 aromatic rings. The summed E-state index contributed by atoms with van der Waals surface area (Å²) in [5, 5.41) is 7.04. The second kappa shape index (κ2) is 4.29. The van der Waals surface area contributed by atoms with Crippen molar-refractivity contribution in [2.24, 2.45) is 5.92 Å². The number of nitrogens with one attached hydrogen (secondary N) is 1. The Labute approximate surface area is 102 Å². The van der Waals surface area contributed by atoms with Gasteiger partial charge in [-0.15, -0.1) is 0 Å². The lowest BCUT2D eigenvalue weighted by atomic mass is 9.91. The average Bonchev–Trinajstić information content (AvgIpc) is 2.78. The summed E-state index contributed by atoms with van der Waals surface area (Å²) in [6.07, 6.45) is 5.34. The molecule has 5 nitrogen and oxygen atoms in total. The summed E-state index contributed by atoms with van der Waals surface area (Å²) in [5.41, 5.74) is 0. The van der Waals surface area contributed by atoms with E-state index in [1.807, 2.05) is 6.92 Å². The van der Waals surface area contributed by atoms with Gasteiger partial charge in [-0.2, -0.15) is 4.98 Å². The number of hydrogen-bond acceptors (Lipinski definition) is 5. The molecule has 2 unspecified atom stereocenters. The maximum Gasteiger partial charge on any atom is 0.321 e. The predicted octanol–water partition coefficient (Wildman–Crippen LogP) is 1.66. The highest BCUT2D eigenvalue weighted by atomic mass is 16.5. The van der Waals surface area contributed by atoms with E-state index in [2.05, 4.69) is 27.4 Å². The van der Waals surface area contributed by atoms with Crippen molar-refractivity contribution in [3.8, 4) is 0 Å². The zero-order valence-corrected chi connectivity index (χ0v) is 10.5. The summed E-state index contributed by atoms with van der Waals surface area (Å²) < 4.78 is 5.06. The molecular formula is C12H20N4O. The number of aromatic nitrogens is 2. The molecule has 0 aromatic carbocycles. The molecule has 0 saturated carbocycles. The summed E-state index contributed by atoms with van der Waals surface area (Å²) in [5.74, 6) is 1.44. The first-order valence-corrected chi connectivity index (χ1v) is 6.48. The van der Waals surface area contributed by atoms with Gasteiger partial charge in [-0.05, 0) is 45.6 Å². The van der Waals surface area contributed by atoms with E-state index >= 15 is 0 Å². The minimum absolute atomic E-state index is 0.564. The average molecular weight is 236 g/mol. The Kier molecular flexibility index (Phi) is 2.78. The maximum absolute atomic E-state index is 5.06. The topological polar surface area (TPSA) is 54.2 Å². The fraction of sp³-hybridized carbons (Fsp3) is 0.833. The fourth-order valence-electron chi connectivity index (χ4n) is 3.29. The van der Waals surface area contributed by atoms with Gasteiger partial charge in [0.15, 0.2) is 5.82 Å². The van der Waals surface area contributed by atoms with E-state index < -0.39 is 0 Å². The third kappa shape index (κ3) is 2.16. The third-order valence-corrected chi connectivity index (χ3v) is 4.27. The second-order valence-electron chi connectivity index (χ2n) is 5.42. The van der Waals surface area contributed by atoms with E-state index in [1.165, 1.54) is 25.7 Å². The highest BCUT2D eigenvalue weighted by Crippen LogP contribution is 2.37. The Balaban J connectivity index is 1.54. The summed E-state index contributed by atoms with van der Waals surface area (Å²) in [6.45, 7) is 2.80. The number of anilines is 1. The van der Waals surface area contributed by atoms with Gasteiger partial charge >= 0.3 is 6.01 Å². The molecule has 2 fully saturated rings. The van der Waals surface area contributed by atoms with Gasteiger partial charge in [-0.1, -0.05) is 5.16 Å². The maximum atomic E-state index is 5.06. The van der Waals surface area contributed by atoms with Crippen molar-refractivity contribution < 1.29 is 4.52 Å². The molecule has 1 N–H and O–H groups in total. The zero-order valence-electron chi connectivity index (χ0n) is 10.5. The zero-order chi connectivity index (χ0) is 11.8. The molecule has 0 aliphatic carbocycles. The van der Waals surface area contributed by atoms with Crippen LogP contribution in [0.5, 0.6) is 0 Å². The van der Waals surface area contributed by atoms with E-state index in [0.717, 1.165) is 24.5 Å². The first kappa shape index (κ1) is 11.0. The highest BCUT2D eigenvalue weighted by Gasteiger charge is 2.38. The van der Waals surface area contributed by atoms with Gasteiger partial charge < -0.3 is 14.7 Å². The molecule has 0 amide bonds. The van der Waals surface area contributed by atoms with Crippen molar-refractivity contribution in [1.29, 1.82) is 0 Å². The molecule has 2 atom stereocenters. The Bertz CT molecular complexity index is 378. The molecule has 1 aromatic heterocycles. The van der Waals surface area contributed by atoms with E-state index in [-0.39, 0.29) is 0 Å². The second-order valence-corrected chi connectivity index (χ2v) is 5.42. The van der Waals surface area contributed by atoms with Gasteiger partial charge in [0, 0.05) is 18.6 Å². The number of fused-ring (bicyclic) bond motifs is 2. The van der Waals surface area contributed by atoms with Gasteiger partial charge in [0.05, 0.1) is 0 Å². The van der Waals surface area contributed by atoms with Crippen LogP contribution in [-0.4, -0.2) is 40.7 Å². The molecule has 0 spiro atoms. The van der Waals surface area contributed by atoms with Crippen LogP contribution in [0.1, 0.15) is 31.5 Å². The lowest BCUT2D eigenvalue weighted by Gasteiger charge is -2.36. The quantitative estimate of drug-likeness (QED) is 0.865. The summed E-state index contributed by atoms with van der Waals surface area (Å²) in [4.78, 5) is 6.73. The number of piperidine rings is 1. The lowest BCUT2D eigenvalue weighted by Crippen LogP contribution is -2.41. The molecule has 2 aliphatic rings. The summed E-state index contributed by atoms with van der Waals surface area (Å²) in [7, 11) is 2.27. The van der Waals surface area contributed by atoms with Gasteiger partial charge in [0.1, 0.15) is 0 Å². The van der Waals surface area contributed by atoms with Gasteiger partial charge in [0.2, 0.25) is 0 Å². The van der Waals surface area contributed by atoms with Crippen LogP contribution in [0.4, 0.5) is 6.01 Å². The molecule has 0 radical (unpaired) electrons. The Morgan fingerprint density at radius 2 is 2.06 bits per heavy atom. The molecule has 94 valence electrons. The molecule has 5 heteroatoms. The third-order valence-electron chi connectivity index (χ3n) is 4.27. The van der Waals surface area contributed by atoms with Crippen molar-refractivity contribution in [1.82, 2.24) is 15.0 Å². The van der Waals surface area contributed by atoms with E-state index in [1.54, 1.807) is 0 Å². The molecule has 2 saturated heterocycles. The standard InChI is InChI=1S/C12H20N4O/c1-8-14-12(17-15-8)13-7-9-5-10-3-4-11(6-9)16(10)2/h9-11H,3-7H2,1-2H3,(H,13,14,15). The van der Waals surface area contributed by atoms with Gasteiger partial charge in [-0.25, -0.2) is 0 Å². The largest absolute Gasteiger partial charge is 0.337 e. The molecule has 3 heterocycles. The molecule has 3 rings (SSSR count). The van der Waals surface area contributed by atoms with Gasteiger partial charge in [0.25, 0.3) is 0 Å². The van der Waals surface area contributed by atoms with Crippen LogP contribution in [0.25, 0.3) is 0 Å². The van der Waals surface area contributed by atoms with Crippen LogP contribution in [-0.2, 0) is 0 Å². The smallest absolute Gasteiger partial charge is 0.321 e. The van der Waals surface area contributed by atoms with Crippen molar-refractivity contribution in [3.05, 3.63) is 5.82 Å². The lowest BCUT2D eigenvalue weighted by molar-refractivity contribution is 0.139. The van der Waals surface area contributed by atoms with E-state index in [4.69, 9.17) is 4.52 Å². The first-order chi connectivity index (χ1) is 8.22. The number of aryl methyl sites for hydroxylation is 1. The molecule has 2 bridgehead atoms. The van der Waals surface area contributed by atoms with Crippen LogP contribution in [0, 0.1) is 12.8 Å². The Morgan fingerprint density at radius 1 is 1.35 bits per heavy atom. The van der Waals surface area contributed by atoms with Crippen LogP contribution < -0.4 is 5.32 Å². The minimum atomic E-state index is 0.564. The van der Waals surface area contributed by atoms with Crippen LogP contribution in [0.2, 0.25) is 0 Å². The summed E-state index contributed by atoms with van der Waals surface area (Å²) >= 11 is 0. The summed E-state index contributed by atoms with van der Waals surface area (Å²) in [6, 6.07) is 2.16. The van der Waals surface area contributed by atoms with Gasteiger partial charge in [-0.3, -0.25) is 0 Å². The van der Waals surface area contributed by atoms with Crippen molar-refractivity contribution in [2.45, 2.75) is 44.7 Å². The van der Waals surface area contributed by atoms with E-state index in [0.29, 0.717) is 11.8 Å². The normalized spacial score (nSPS) is 32.9. The number of nitrogens with zero attached hydrogens (tertiary/aromatic N) is 3. The van der Waals surface area contributed by atoms with E-state index in [9.17, 15) is 0 Å². The van der Waals surface area contributed by atoms with Crippen molar-refractivity contribution in [3.63, 3.8) is 0 Å². The minimum Gasteiger partial charge on any atom is -0.337 e. The highest BCUT2D eigenvalue weighted by molar-refractivity contribution is 5.18. The molecule has 2 aliphatic heterocycles. The molecule has 17 heavy (non-hydrogen) atoms. The number of rotatable bonds is 3. The van der Waals surface area contributed by atoms with Crippen LogP contribution in [0.15, 0.2) is 4.52 Å². The van der Waals surface area contributed by atoms with Crippen LogP contribution in [0.3, 0.4) is 0 Å². The number of hydrogen-bond donors (Lipinski definition) is 1. The molecular weight excluding hydrogens is 216 g/mol. The Morgan fingerprint density at radius 3 is 2.65 bits per heavy atom. The Hall–Kier alpha value is -1.10. The van der Waals surface area contributed by atoms with Crippen molar-refractivity contribution in [2.75, 3.05) is 18.9 Å². The fourth-order valence-corrected chi connectivity index (χ4v) is 3.29. The first-order valence-electron chi connectivity index (χ1n) is 6.48. The van der Waals surface area contributed by atoms with Crippen molar-refractivity contribution >= 4 is 6.01 Å². The predicted molar refractivity (Wildman–Crippen MR) is 64.8 cm³/mol. The van der Waals surface area contributed by atoms with Crippen LogP contribution >= 0.6 is 0 Å². The monoisotopic (exact) mass is 236 g/mol. The SMILES string of the molecule is Cc1noc(NCC2CC3CCC(C2)N3C)n1.